The molecule has 0 aliphatic heterocycles. The molecule has 0 aliphatic carbocycles. The molecule has 0 saturated heterocycles. The van der Waals surface area contributed by atoms with E-state index < -0.39 is 0 Å². The van der Waals surface area contributed by atoms with E-state index >= 15 is 0 Å². The van der Waals surface area contributed by atoms with Gasteiger partial charge in [0.1, 0.15) is 0 Å². The molecular formula is C18H28N2. The van der Waals surface area contributed by atoms with E-state index in [1.54, 1.807) is 7.05 Å². The summed E-state index contributed by atoms with van der Waals surface area (Å²) in [5.41, 5.74) is 3.07. The van der Waals surface area contributed by atoms with E-state index in [1.165, 1.54) is 11.1 Å². The Hall–Kier alpha value is -1.70. The molecule has 0 amide bonds. The van der Waals surface area contributed by atoms with Crippen LogP contribution in [0.4, 0.5) is 0 Å². The summed E-state index contributed by atoms with van der Waals surface area (Å²) in [5, 5.41) is 7.69. The van der Waals surface area contributed by atoms with Gasteiger partial charge in [-0.2, -0.15) is 0 Å². The molecule has 110 valence electrons. The zero-order valence-corrected chi connectivity index (χ0v) is 13.6. The predicted octanol–water partition coefficient (Wildman–Crippen LogP) is 5.00. The Bertz CT molecular complexity index is 444. The van der Waals surface area contributed by atoms with Crippen molar-refractivity contribution in [2.24, 2.45) is 16.8 Å². The molecule has 2 heteroatoms. The van der Waals surface area contributed by atoms with E-state index in [-0.39, 0.29) is 5.92 Å². The topological polar surface area (TPSA) is 36.2 Å². The zero-order valence-electron chi connectivity index (χ0n) is 13.6. The van der Waals surface area contributed by atoms with Gasteiger partial charge in [0.2, 0.25) is 0 Å². The number of hydrogen-bond donors (Lipinski definition) is 1. The van der Waals surface area contributed by atoms with Crippen molar-refractivity contribution in [3.63, 3.8) is 0 Å². The lowest BCUT2D eigenvalue weighted by molar-refractivity contribution is 0.805. The monoisotopic (exact) mass is 272 g/mol. The maximum absolute atomic E-state index is 7.69. The van der Waals surface area contributed by atoms with Gasteiger partial charge in [0.25, 0.3) is 0 Å². The number of rotatable bonds is 7. The van der Waals surface area contributed by atoms with Gasteiger partial charge in [-0.15, -0.1) is 0 Å². The molecule has 0 aromatic heterocycles. The minimum atomic E-state index is 0.279. The van der Waals surface area contributed by atoms with Crippen LogP contribution in [0, 0.1) is 17.2 Å². The first kappa shape index (κ1) is 18.3. The molecule has 0 aromatic carbocycles. The summed E-state index contributed by atoms with van der Waals surface area (Å²) < 4.78 is 0. The summed E-state index contributed by atoms with van der Waals surface area (Å²) in [5.74, 6) is 0.749. The Morgan fingerprint density at radius 3 is 2.15 bits per heavy atom. The van der Waals surface area contributed by atoms with E-state index in [0.717, 1.165) is 0 Å². The molecule has 0 rings (SSSR count). The van der Waals surface area contributed by atoms with Gasteiger partial charge in [-0.25, -0.2) is 0 Å². The third kappa shape index (κ3) is 8.41. The maximum atomic E-state index is 7.69. The highest BCUT2D eigenvalue weighted by molar-refractivity contribution is 5.93. The molecule has 20 heavy (non-hydrogen) atoms. The van der Waals surface area contributed by atoms with Gasteiger partial charge in [0.05, 0.1) is 0 Å². The average Bonchev–Trinajstić information content (AvgIpc) is 2.37. The molecule has 1 N–H and O–H groups in total. The third-order valence-electron chi connectivity index (χ3n) is 2.82. The van der Waals surface area contributed by atoms with Gasteiger partial charge < -0.3 is 5.41 Å². The molecule has 0 spiro atoms. The van der Waals surface area contributed by atoms with Crippen molar-refractivity contribution in [1.29, 1.82) is 5.41 Å². The van der Waals surface area contributed by atoms with Crippen LogP contribution in [0.15, 0.2) is 52.6 Å². The summed E-state index contributed by atoms with van der Waals surface area (Å²) in [6.07, 6.45) is 13.8. The molecule has 0 aromatic rings. The minimum absolute atomic E-state index is 0.279. The molecule has 0 saturated carbocycles. The van der Waals surface area contributed by atoms with Crippen molar-refractivity contribution in [3.8, 4) is 0 Å². The van der Waals surface area contributed by atoms with Crippen LogP contribution >= 0.6 is 0 Å². The minimum Gasteiger partial charge on any atom is -0.305 e. The first-order valence-corrected chi connectivity index (χ1v) is 7.12. The Balaban J connectivity index is 4.67. The van der Waals surface area contributed by atoms with Gasteiger partial charge in [-0.1, -0.05) is 63.6 Å². The average molecular weight is 272 g/mol. The van der Waals surface area contributed by atoms with Crippen LogP contribution in [0.1, 0.15) is 34.6 Å². The van der Waals surface area contributed by atoms with E-state index in [2.05, 4.69) is 37.9 Å². The van der Waals surface area contributed by atoms with Crippen LogP contribution in [0.2, 0.25) is 0 Å². The van der Waals surface area contributed by atoms with Crippen LogP contribution in [0.3, 0.4) is 0 Å². The molecule has 0 bridgehead atoms. The van der Waals surface area contributed by atoms with Crippen LogP contribution < -0.4 is 0 Å². The molecule has 0 heterocycles. The molecule has 0 fully saturated rings. The Labute approximate surface area is 124 Å². The van der Waals surface area contributed by atoms with Gasteiger partial charge in [0, 0.05) is 19.0 Å². The molecular weight excluding hydrogens is 244 g/mol. The van der Waals surface area contributed by atoms with Gasteiger partial charge in [-0.3, -0.25) is 4.99 Å². The third-order valence-corrected chi connectivity index (χ3v) is 2.82. The molecule has 0 atom stereocenters. The maximum Gasteiger partial charge on any atom is 0.0339 e. The van der Waals surface area contributed by atoms with Crippen molar-refractivity contribution in [1.82, 2.24) is 0 Å². The molecule has 0 aliphatic rings. The number of nitrogens with zero attached hydrogens (tertiary/aromatic N) is 1. The van der Waals surface area contributed by atoms with Crippen molar-refractivity contribution in [3.05, 3.63) is 47.6 Å². The summed E-state index contributed by atoms with van der Waals surface area (Å²) in [6, 6.07) is 0. The fraction of sp³-hybridized carbons (Fsp3) is 0.444. The second-order valence-electron chi connectivity index (χ2n) is 5.45. The Morgan fingerprint density at radius 2 is 1.65 bits per heavy atom. The van der Waals surface area contributed by atoms with Crippen LogP contribution in [-0.2, 0) is 0 Å². The van der Waals surface area contributed by atoms with E-state index in [9.17, 15) is 0 Å². The first-order chi connectivity index (χ1) is 9.38. The van der Waals surface area contributed by atoms with Crippen molar-refractivity contribution in [2.75, 3.05) is 7.05 Å². The number of hydrogen-bond acceptors (Lipinski definition) is 2. The van der Waals surface area contributed by atoms with Crippen LogP contribution in [0.25, 0.3) is 0 Å². The Kier molecular flexibility index (Phi) is 9.27. The summed E-state index contributed by atoms with van der Waals surface area (Å²) in [7, 11) is 1.80. The zero-order chi connectivity index (χ0) is 15.5. The Morgan fingerprint density at radius 1 is 1.00 bits per heavy atom. The fourth-order valence-corrected chi connectivity index (χ4v) is 1.44. The van der Waals surface area contributed by atoms with E-state index in [1.807, 2.05) is 44.4 Å². The highest BCUT2D eigenvalue weighted by Gasteiger charge is 1.99. The smallest absolute Gasteiger partial charge is 0.0339 e. The van der Waals surface area contributed by atoms with Crippen molar-refractivity contribution < 1.29 is 0 Å². The fourth-order valence-electron chi connectivity index (χ4n) is 1.44. The molecule has 2 nitrogen and oxygen atoms in total. The highest BCUT2D eigenvalue weighted by atomic mass is 14.6. The second-order valence-corrected chi connectivity index (χ2v) is 5.45. The standard InChI is InChI=1S/C18H28N2/c1-14(2)17(13-20-6)12-16(5)10-8-7-9-11-18(19)15(3)4/h7-15,19H,1-6H3/b8-7+,11-9-,16-10-,17-12+,19-18?,20-13+. The summed E-state index contributed by atoms with van der Waals surface area (Å²) >= 11 is 0. The molecule has 0 unspecified atom stereocenters. The quantitative estimate of drug-likeness (QED) is 0.500. The lowest BCUT2D eigenvalue weighted by atomic mass is 10.0. The highest BCUT2D eigenvalue weighted by Crippen LogP contribution is 2.10. The first-order valence-electron chi connectivity index (χ1n) is 7.12. The van der Waals surface area contributed by atoms with Gasteiger partial charge >= 0.3 is 0 Å². The molecule has 0 radical (unpaired) electrons. The summed E-state index contributed by atoms with van der Waals surface area (Å²) in [6.45, 7) is 10.5. The second kappa shape index (κ2) is 10.1. The van der Waals surface area contributed by atoms with Crippen molar-refractivity contribution in [2.45, 2.75) is 34.6 Å². The number of allylic oxidation sites excluding steroid dienone is 8. The number of aliphatic imine (C=N–C) groups is 1. The lowest BCUT2D eigenvalue weighted by Gasteiger charge is -2.05. The predicted molar refractivity (Wildman–Crippen MR) is 91.9 cm³/mol. The number of nitrogens with one attached hydrogen (secondary N) is 1. The van der Waals surface area contributed by atoms with Crippen molar-refractivity contribution >= 4 is 11.9 Å². The van der Waals surface area contributed by atoms with Crippen LogP contribution in [-0.4, -0.2) is 19.0 Å². The van der Waals surface area contributed by atoms with Gasteiger partial charge in [0.15, 0.2) is 0 Å². The lowest BCUT2D eigenvalue weighted by Crippen LogP contribution is -2.00. The normalized spacial score (nSPS) is 14.6. The van der Waals surface area contributed by atoms with Gasteiger partial charge in [-0.05, 0) is 30.4 Å². The SMILES string of the molecule is C/N=C/C(=C\C(C)=C/C=C/C=C\C(=N)C(C)C)C(C)C. The van der Waals surface area contributed by atoms with E-state index in [0.29, 0.717) is 11.6 Å². The summed E-state index contributed by atoms with van der Waals surface area (Å²) in [4.78, 5) is 4.08. The van der Waals surface area contributed by atoms with Crippen LogP contribution in [0.5, 0.6) is 0 Å². The van der Waals surface area contributed by atoms with E-state index in [4.69, 9.17) is 5.41 Å². The largest absolute Gasteiger partial charge is 0.305 e.